The van der Waals surface area contributed by atoms with Crippen molar-refractivity contribution in [3.8, 4) is 0 Å². The van der Waals surface area contributed by atoms with Crippen LogP contribution < -0.4 is 5.32 Å². The van der Waals surface area contributed by atoms with E-state index in [0.29, 0.717) is 0 Å². The third-order valence-electron chi connectivity index (χ3n) is 1.95. The minimum absolute atomic E-state index is 0.145. The molecule has 71 valence electrons. The molecule has 0 aliphatic heterocycles. The molecular formula is C11H16NO. The van der Waals surface area contributed by atoms with Crippen molar-refractivity contribution < 1.29 is 5.11 Å². The maximum absolute atomic E-state index is 9.00. The monoisotopic (exact) mass is 178 g/mol. The molecule has 1 radical (unpaired) electrons. The number of rotatable bonds is 4. The third kappa shape index (κ3) is 3.57. The second kappa shape index (κ2) is 4.40. The lowest BCUT2D eigenvalue weighted by Crippen LogP contribution is -2.42. The van der Waals surface area contributed by atoms with E-state index < -0.39 is 0 Å². The zero-order valence-electron chi connectivity index (χ0n) is 8.17. The predicted molar refractivity (Wildman–Crippen MR) is 53.3 cm³/mol. The van der Waals surface area contributed by atoms with Crippen molar-refractivity contribution in [3.05, 3.63) is 35.9 Å². The third-order valence-corrected chi connectivity index (χ3v) is 1.95. The Kier molecular flexibility index (Phi) is 3.46. The van der Waals surface area contributed by atoms with Crippen molar-refractivity contribution in [3.63, 3.8) is 0 Å². The van der Waals surface area contributed by atoms with Crippen molar-refractivity contribution in [2.24, 2.45) is 0 Å². The van der Waals surface area contributed by atoms with Crippen molar-refractivity contribution in [2.75, 3.05) is 6.61 Å². The molecule has 0 aliphatic rings. The highest BCUT2D eigenvalue weighted by molar-refractivity contribution is 5.13. The highest BCUT2D eigenvalue weighted by atomic mass is 16.3. The smallest absolute Gasteiger partial charge is 0.0607 e. The summed E-state index contributed by atoms with van der Waals surface area (Å²) in [6.45, 7) is 4.87. The van der Waals surface area contributed by atoms with E-state index in [0.717, 1.165) is 6.54 Å². The van der Waals surface area contributed by atoms with E-state index in [2.05, 4.69) is 11.4 Å². The molecule has 0 aliphatic carbocycles. The number of aliphatic hydroxyl groups excluding tert-OH is 1. The highest BCUT2D eigenvalue weighted by Gasteiger charge is 2.14. The predicted octanol–water partition coefficient (Wildman–Crippen LogP) is 1.35. The normalized spacial score (nSPS) is 11.6. The molecule has 0 aromatic heterocycles. The summed E-state index contributed by atoms with van der Waals surface area (Å²) < 4.78 is 0. The van der Waals surface area contributed by atoms with Crippen LogP contribution in [0.25, 0.3) is 0 Å². The summed E-state index contributed by atoms with van der Waals surface area (Å²) in [7, 11) is 0. The Morgan fingerprint density at radius 1 is 1.38 bits per heavy atom. The first kappa shape index (κ1) is 10.2. The van der Waals surface area contributed by atoms with Gasteiger partial charge in [-0.2, -0.15) is 0 Å². The summed E-state index contributed by atoms with van der Waals surface area (Å²) in [5.41, 5.74) is 1.000. The van der Waals surface area contributed by atoms with Gasteiger partial charge < -0.3 is 10.4 Å². The maximum atomic E-state index is 9.00. The van der Waals surface area contributed by atoms with Gasteiger partial charge in [0.2, 0.25) is 0 Å². The van der Waals surface area contributed by atoms with Gasteiger partial charge in [-0.1, -0.05) is 24.3 Å². The Labute approximate surface area is 79.6 Å². The molecule has 0 amide bonds. The second-order valence-corrected chi connectivity index (χ2v) is 3.80. The average Bonchev–Trinajstić information content (AvgIpc) is 2.17. The van der Waals surface area contributed by atoms with Crippen LogP contribution in [0.3, 0.4) is 0 Å². The van der Waals surface area contributed by atoms with Gasteiger partial charge in [0.25, 0.3) is 0 Å². The van der Waals surface area contributed by atoms with Crippen LogP contribution >= 0.6 is 0 Å². The fraction of sp³-hybridized carbons (Fsp3) is 0.455. The van der Waals surface area contributed by atoms with Crippen molar-refractivity contribution in [1.29, 1.82) is 0 Å². The number of benzene rings is 1. The molecule has 0 fully saturated rings. The Morgan fingerprint density at radius 3 is 2.54 bits per heavy atom. The van der Waals surface area contributed by atoms with Crippen molar-refractivity contribution in [2.45, 2.75) is 25.9 Å². The summed E-state index contributed by atoms with van der Waals surface area (Å²) in [5.74, 6) is 0. The van der Waals surface area contributed by atoms with Crippen LogP contribution in [-0.4, -0.2) is 17.3 Å². The molecule has 0 unspecified atom stereocenters. The maximum Gasteiger partial charge on any atom is 0.0607 e. The first-order chi connectivity index (χ1) is 6.14. The van der Waals surface area contributed by atoms with E-state index in [1.807, 2.05) is 38.1 Å². The molecule has 1 rings (SSSR count). The molecule has 0 saturated carbocycles. The Bertz CT molecular complexity index is 244. The molecule has 0 spiro atoms. The molecular weight excluding hydrogens is 162 g/mol. The molecule has 2 heteroatoms. The quantitative estimate of drug-likeness (QED) is 0.729. The Balaban J connectivity index is 2.44. The van der Waals surface area contributed by atoms with Gasteiger partial charge in [-0.15, -0.1) is 0 Å². The standard InChI is InChI=1S/C11H16NO/c1-11(2,9-13)12-8-10-6-4-3-5-7-10/h4-7,12-13H,8-9H2,1-2H3. The zero-order chi connectivity index (χ0) is 9.73. The van der Waals surface area contributed by atoms with Crippen LogP contribution in [0, 0.1) is 6.07 Å². The second-order valence-electron chi connectivity index (χ2n) is 3.80. The lowest BCUT2D eigenvalue weighted by atomic mass is 10.1. The molecule has 2 N–H and O–H groups in total. The van der Waals surface area contributed by atoms with Crippen LogP contribution in [0.2, 0.25) is 0 Å². The molecule has 0 heterocycles. The minimum atomic E-state index is -0.209. The largest absolute Gasteiger partial charge is 0.394 e. The highest BCUT2D eigenvalue weighted by Crippen LogP contribution is 2.03. The first-order valence-electron chi connectivity index (χ1n) is 4.45. The van der Waals surface area contributed by atoms with E-state index in [4.69, 9.17) is 5.11 Å². The van der Waals surface area contributed by atoms with E-state index in [1.54, 1.807) is 0 Å². The van der Waals surface area contributed by atoms with E-state index in [9.17, 15) is 0 Å². The van der Waals surface area contributed by atoms with Crippen LogP contribution in [-0.2, 0) is 6.54 Å². The molecule has 1 aromatic carbocycles. The number of hydrogen-bond donors (Lipinski definition) is 2. The molecule has 0 atom stereocenters. The molecule has 0 saturated heterocycles. The SMILES string of the molecule is CC(C)(CO)NCc1cc[c]cc1. The van der Waals surface area contributed by atoms with E-state index in [1.165, 1.54) is 5.56 Å². The minimum Gasteiger partial charge on any atom is -0.394 e. The van der Waals surface area contributed by atoms with Gasteiger partial charge in [-0.3, -0.25) is 0 Å². The number of aliphatic hydroxyl groups is 1. The summed E-state index contributed by atoms with van der Waals surface area (Å²) in [5, 5.41) is 12.3. The Hall–Kier alpha value is -0.860. The molecule has 13 heavy (non-hydrogen) atoms. The summed E-state index contributed by atoms with van der Waals surface area (Å²) in [6, 6.07) is 10.8. The van der Waals surface area contributed by atoms with Crippen LogP contribution in [0.5, 0.6) is 0 Å². The Morgan fingerprint density at radius 2 is 2.00 bits per heavy atom. The van der Waals surface area contributed by atoms with E-state index in [-0.39, 0.29) is 12.1 Å². The van der Waals surface area contributed by atoms with Crippen LogP contribution in [0.1, 0.15) is 19.4 Å². The van der Waals surface area contributed by atoms with Gasteiger partial charge in [0, 0.05) is 12.1 Å². The fourth-order valence-electron chi connectivity index (χ4n) is 0.937. The molecule has 2 nitrogen and oxygen atoms in total. The summed E-state index contributed by atoms with van der Waals surface area (Å²) in [6.07, 6.45) is 0. The van der Waals surface area contributed by atoms with Crippen LogP contribution in [0.4, 0.5) is 0 Å². The van der Waals surface area contributed by atoms with Gasteiger partial charge in [-0.25, -0.2) is 0 Å². The summed E-state index contributed by atoms with van der Waals surface area (Å²) in [4.78, 5) is 0. The molecule has 0 bridgehead atoms. The average molecular weight is 178 g/mol. The van der Waals surface area contributed by atoms with Gasteiger partial charge in [0.15, 0.2) is 0 Å². The van der Waals surface area contributed by atoms with Gasteiger partial charge >= 0.3 is 0 Å². The lowest BCUT2D eigenvalue weighted by molar-refractivity contribution is 0.187. The summed E-state index contributed by atoms with van der Waals surface area (Å²) >= 11 is 0. The van der Waals surface area contributed by atoms with Gasteiger partial charge in [-0.05, 0) is 25.5 Å². The zero-order valence-corrected chi connectivity index (χ0v) is 8.17. The molecule has 1 aromatic rings. The van der Waals surface area contributed by atoms with E-state index >= 15 is 0 Å². The lowest BCUT2D eigenvalue weighted by Gasteiger charge is -2.23. The number of nitrogens with one attached hydrogen (secondary N) is 1. The van der Waals surface area contributed by atoms with Crippen molar-refractivity contribution in [1.82, 2.24) is 5.32 Å². The van der Waals surface area contributed by atoms with Crippen LogP contribution in [0.15, 0.2) is 24.3 Å². The van der Waals surface area contributed by atoms with Crippen molar-refractivity contribution >= 4 is 0 Å². The topological polar surface area (TPSA) is 32.3 Å². The number of hydrogen-bond acceptors (Lipinski definition) is 2. The van der Waals surface area contributed by atoms with Gasteiger partial charge in [0.1, 0.15) is 0 Å². The first-order valence-corrected chi connectivity index (χ1v) is 4.45. The van der Waals surface area contributed by atoms with Gasteiger partial charge in [0.05, 0.1) is 6.61 Å². The fourth-order valence-corrected chi connectivity index (χ4v) is 0.937.